The van der Waals surface area contributed by atoms with E-state index in [1.165, 1.54) is 18.4 Å². The fourth-order valence-corrected chi connectivity index (χ4v) is 2.84. The molecule has 1 aliphatic rings. The lowest BCUT2D eigenvalue weighted by Gasteiger charge is -2.30. The molecule has 1 heterocycles. The molecule has 2 amide bonds. The Morgan fingerprint density at radius 3 is 2.61 bits per heavy atom. The van der Waals surface area contributed by atoms with Gasteiger partial charge >= 0.3 is 6.03 Å². The van der Waals surface area contributed by atoms with E-state index in [9.17, 15) is 4.79 Å². The molecule has 0 radical (unpaired) electrons. The Kier molecular flexibility index (Phi) is 6.86. The molecular weight excluding hydrogens is 290 g/mol. The standard InChI is InChI=1S/C18H29N3O2/c1-14-7-9-21(10-8-14)12-17-6-4-3-5-16(17)11-19-18(23)20-15(2)13-22/h3-6,14-15,22H,7-13H2,1-2H3,(H2,19,20,23). The molecule has 1 aromatic rings. The Hall–Kier alpha value is -1.59. The van der Waals surface area contributed by atoms with Crippen molar-refractivity contribution in [3.63, 3.8) is 0 Å². The molecule has 1 aromatic carbocycles. The molecule has 1 saturated heterocycles. The van der Waals surface area contributed by atoms with Crippen LogP contribution >= 0.6 is 0 Å². The number of piperidine rings is 1. The van der Waals surface area contributed by atoms with E-state index >= 15 is 0 Å². The number of aliphatic hydroxyl groups excluding tert-OH is 1. The predicted molar refractivity (Wildman–Crippen MR) is 92.0 cm³/mol. The normalized spacial score (nSPS) is 17.7. The summed E-state index contributed by atoms with van der Waals surface area (Å²) in [4.78, 5) is 14.3. The van der Waals surface area contributed by atoms with Crippen molar-refractivity contribution in [1.29, 1.82) is 0 Å². The highest BCUT2D eigenvalue weighted by atomic mass is 16.3. The summed E-state index contributed by atoms with van der Waals surface area (Å²) < 4.78 is 0. The van der Waals surface area contributed by atoms with Gasteiger partial charge in [0.05, 0.1) is 12.6 Å². The Morgan fingerprint density at radius 1 is 1.30 bits per heavy atom. The van der Waals surface area contributed by atoms with Crippen LogP contribution in [0.15, 0.2) is 24.3 Å². The van der Waals surface area contributed by atoms with Gasteiger partial charge in [-0.05, 0) is 49.9 Å². The highest BCUT2D eigenvalue weighted by Crippen LogP contribution is 2.19. The molecule has 128 valence electrons. The van der Waals surface area contributed by atoms with Crippen molar-refractivity contribution in [3.8, 4) is 0 Å². The van der Waals surface area contributed by atoms with Crippen LogP contribution in [0.25, 0.3) is 0 Å². The monoisotopic (exact) mass is 319 g/mol. The third-order valence-electron chi connectivity index (χ3n) is 4.48. The van der Waals surface area contributed by atoms with Crippen LogP contribution in [0.5, 0.6) is 0 Å². The molecule has 0 aliphatic carbocycles. The number of urea groups is 1. The van der Waals surface area contributed by atoms with E-state index in [4.69, 9.17) is 5.11 Å². The zero-order chi connectivity index (χ0) is 16.7. The number of nitrogens with one attached hydrogen (secondary N) is 2. The van der Waals surface area contributed by atoms with Crippen molar-refractivity contribution in [1.82, 2.24) is 15.5 Å². The molecule has 5 nitrogen and oxygen atoms in total. The fraction of sp³-hybridized carbons (Fsp3) is 0.611. The molecular formula is C18H29N3O2. The van der Waals surface area contributed by atoms with Crippen molar-refractivity contribution in [2.45, 2.75) is 45.8 Å². The van der Waals surface area contributed by atoms with Crippen molar-refractivity contribution < 1.29 is 9.90 Å². The van der Waals surface area contributed by atoms with Gasteiger partial charge in [-0.15, -0.1) is 0 Å². The van der Waals surface area contributed by atoms with Crippen molar-refractivity contribution in [2.75, 3.05) is 19.7 Å². The van der Waals surface area contributed by atoms with Gasteiger partial charge in [0.15, 0.2) is 0 Å². The summed E-state index contributed by atoms with van der Waals surface area (Å²) in [6.07, 6.45) is 2.53. The average Bonchev–Trinajstić information content (AvgIpc) is 2.56. The number of hydrogen-bond donors (Lipinski definition) is 3. The maximum Gasteiger partial charge on any atom is 0.315 e. The van der Waals surface area contributed by atoms with E-state index in [1.807, 2.05) is 6.07 Å². The van der Waals surface area contributed by atoms with E-state index in [2.05, 4.69) is 40.7 Å². The van der Waals surface area contributed by atoms with Crippen LogP contribution in [0.3, 0.4) is 0 Å². The van der Waals surface area contributed by atoms with E-state index in [-0.39, 0.29) is 18.7 Å². The minimum atomic E-state index is -0.242. The SMILES string of the molecule is CC1CCN(Cc2ccccc2CNC(=O)NC(C)CO)CC1. The Morgan fingerprint density at radius 2 is 1.96 bits per heavy atom. The Bertz CT molecular complexity index is 499. The van der Waals surface area contributed by atoms with Crippen molar-refractivity contribution in [3.05, 3.63) is 35.4 Å². The summed E-state index contributed by atoms with van der Waals surface area (Å²) in [5.74, 6) is 0.834. The van der Waals surface area contributed by atoms with E-state index in [0.717, 1.165) is 31.1 Å². The maximum atomic E-state index is 11.8. The van der Waals surface area contributed by atoms with Crippen LogP contribution in [0.2, 0.25) is 0 Å². The van der Waals surface area contributed by atoms with Crippen molar-refractivity contribution >= 4 is 6.03 Å². The molecule has 1 aliphatic heterocycles. The minimum Gasteiger partial charge on any atom is -0.394 e. The molecule has 0 saturated carbocycles. The number of benzene rings is 1. The smallest absolute Gasteiger partial charge is 0.315 e. The summed E-state index contributed by atoms with van der Waals surface area (Å²) in [5.41, 5.74) is 2.43. The number of carbonyl (C=O) groups is 1. The van der Waals surface area contributed by atoms with Crippen molar-refractivity contribution in [2.24, 2.45) is 5.92 Å². The number of likely N-dealkylation sites (tertiary alicyclic amines) is 1. The second-order valence-corrected chi connectivity index (χ2v) is 6.64. The highest BCUT2D eigenvalue weighted by Gasteiger charge is 2.16. The summed E-state index contributed by atoms with van der Waals surface area (Å²) >= 11 is 0. The fourth-order valence-electron chi connectivity index (χ4n) is 2.84. The third kappa shape index (κ3) is 5.84. The molecule has 1 fully saturated rings. The lowest BCUT2D eigenvalue weighted by Crippen LogP contribution is -2.42. The van der Waals surface area contributed by atoms with Gasteiger partial charge in [-0.25, -0.2) is 4.79 Å². The van der Waals surface area contributed by atoms with Gasteiger partial charge in [0, 0.05) is 13.1 Å². The van der Waals surface area contributed by atoms with Crippen LogP contribution in [0, 0.1) is 5.92 Å². The van der Waals surface area contributed by atoms with Gasteiger partial charge in [-0.3, -0.25) is 4.90 Å². The van der Waals surface area contributed by atoms with Crippen LogP contribution < -0.4 is 10.6 Å². The van der Waals surface area contributed by atoms with Crippen LogP contribution in [0.1, 0.15) is 37.8 Å². The first-order valence-corrected chi connectivity index (χ1v) is 8.53. The summed E-state index contributed by atoms with van der Waals surface area (Å²) in [6, 6.07) is 7.79. The number of aliphatic hydroxyl groups is 1. The second kappa shape index (κ2) is 8.89. The van der Waals surface area contributed by atoms with E-state index in [1.54, 1.807) is 6.92 Å². The Labute approximate surface area is 139 Å². The number of rotatable bonds is 6. The van der Waals surface area contributed by atoms with E-state index < -0.39 is 0 Å². The van der Waals surface area contributed by atoms with Gasteiger partial charge in [0.25, 0.3) is 0 Å². The number of amides is 2. The average molecular weight is 319 g/mol. The first-order chi connectivity index (χ1) is 11.1. The van der Waals surface area contributed by atoms with Crippen LogP contribution in [-0.2, 0) is 13.1 Å². The molecule has 1 unspecified atom stereocenters. The highest BCUT2D eigenvalue weighted by molar-refractivity contribution is 5.74. The largest absolute Gasteiger partial charge is 0.394 e. The summed E-state index contributed by atoms with van der Waals surface area (Å²) in [5, 5.41) is 14.5. The predicted octanol–water partition coefficient (Wildman–Crippen LogP) is 2.10. The zero-order valence-electron chi connectivity index (χ0n) is 14.2. The molecule has 2 rings (SSSR count). The number of nitrogens with zero attached hydrogens (tertiary/aromatic N) is 1. The summed E-state index contributed by atoms with van der Waals surface area (Å²) in [7, 11) is 0. The lowest BCUT2D eigenvalue weighted by atomic mass is 9.98. The molecule has 5 heteroatoms. The quantitative estimate of drug-likeness (QED) is 0.752. The molecule has 1 atom stereocenters. The van der Waals surface area contributed by atoms with Crippen LogP contribution in [-0.4, -0.2) is 41.8 Å². The van der Waals surface area contributed by atoms with Gasteiger partial charge in [-0.2, -0.15) is 0 Å². The maximum absolute atomic E-state index is 11.8. The zero-order valence-corrected chi connectivity index (χ0v) is 14.2. The first-order valence-electron chi connectivity index (χ1n) is 8.53. The van der Waals surface area contributed by atoms with Gasteiger partial charge in [0.1, 0.15) is 0 Å². The molecule has 0 spiro atoms. The minimum absolute atomic E-state index is 0.0581. The molecule has 3 N–H and O–H groups in total. The molecule has 0 bridgehead atoms. The van der Waals surface area contributed by atoms with Crippen LogP contribution in [0.4, 0.5) is 4.79 Å². The topological polar surface area (TPSA) is 64.6 Å². The molecule has 23 heavy (non-hydrogen) atoms. The second-order valence-electron chi connectivity index (χ2n) is 6.64. The van der Waals surface area contributed by atoms with Gasteiger partial charge < -0.3 is 15.7 Å². The third-order valence-corrected chi connectivity index (χ3v) is 4.48. The summed E-state index contributed by atoms with van der Waals surface area (Å²) in [6.45, 7) is 7.78. The molecule has 0 aromatic heterocycles. The van der Waals surface area contributed by atoms with E-state index in [0.29, 0.717) is 6.54 Å². The van der Waals surface area contributed by atoms with Gasteiger partial charge in [0.2, 0.25) is 0 Å². The number of carbonyl (C=O) groups excluding carboxylic acids is 1. The Balaban J connectivity index is 1.88. The number of hydrogen-bond acceptors (Lipinski definition) is 3. The first kappa shape index (κ1) is 17.8. The lowest BCUT2D eigenvalue weighted by molar-refractivity contribution is 0.185. The van der Waals surface area contributed by atoms with Gasteiger partial charge in [-0.1, -0.05) is 31.2 Å².